The molecule has 0 bridgehead atoms. The van der Waals surface area contributed by atoms with Crippen LogP contribution in [0.2, 0.25) is 5.02 Å². The fourth-order valence-corrected chi connectivity index (χ4v) is 2.91. The molecule has 0 unspecified atom stereocenters. The molecule has 2 rings (SSSR count). The van der Waals surface area contributed by atoms with E-state index in [0.29, 0.717) is 10.8 Å². The fourth-order valence-electron chi connectivity index (χ4n) is 2.68. The van der Waals surface area contributed by atoms with Crippen molar-refractivity contribution >= 4 is 17.5 Å². The van der Waals surface area contributed by atoms with Gasteiger partial charge in [-0.2, -0.15) is 0 Å². The van der Waals surface area contributed by atoms with E-state index in [9.17, 15) is 4.79 Å². The first-order valence-corrected chi connectivity index (χ1v) is 8.55. The first-order valence-electron chi connectivity index (χ1n) is 8.17. The van der Waals surface area contributed by atoms with Gasteiger partial charge in [-0.05, 0) is 50.6 Å². The van der Waals surface area contributed by atoms with Gasteiger partial charge in [0.2, 0.25) is 0 Å². The van der Waals surface area contributed by atoms with Crippen LogP contribution in [0.5, 0.6) is 11.5 Å². The average molecular weight is 362 g/mol. The number of methoxy groups -OCH3 is 1. The molecule has 2 atom stereocenters. The highest BCUT2D eigenvalue weighted by Gasteiger charge is 2.25. The van der Waals surface area contributed by atoms with Crippen LogP contribution in [0.3, 0.4) is 0 Å². The van der Waals surface area contributed by atoms with Crippen LogP contribution in [0.25, 0.3) is 0 Å². The minimum absolute atomic E-state index is 0.104. The minimum atomic E-state index is -0.609. The zero-order chi connectivity index (χ0) is 18.6. The van der Waals surface area contributed by atoms with Gasteiger partial charge in [-0.15, -0.1) is 0 Å². The maximum Gasteiger partial charge on any atom is 0.263 e. The second-order valence-corrected chi connectivity index (χ2v) is 6.47. The highest BCUT2D eigenvalue weighted by atomic mass is 35.5. The molecule has 0 saturated heterocycles. The second-order valence-electron chi connectivity index (χ2n) is 6.04. The lowest BCUT2D eigenvalue weighted by Gasteiger charge is -2.29. The molecule has 0 aromatic heterocycles. The van der Waals surface area contributed by atoms with Gasteiger partial charge in [0.05, 0.1) is 13.2 Å². The summed E-state index contributed by atoms with van der Waals surface area (Å²) in [5, 5.41) is 0.644. The van der Waals surface area contributed by atoms with Crippen LogP contribution in [0, 0.1) is 6.92 Å². The molecule has 2 aromatic rings. The van der Waals surface area contributed by atoms with Crippen molar-refractivity contribution in [1.82, 2.24) is 4.90 Å². The molecule has 2 aromatic carbocycles. The molecular formula is C20H24ClNO3. The van der Waals surface area contributed by atoms with Crippen molar-refractivity contribution in [3.05, 3.63) is 58.6 Å². The molecule has 5 heteroatoms. The monoisotopic (exact) mass is 361 g/mol. The van der Waals surface area contributed by atoms with E-state index in [4.69, 9.17) is 21.1 Å². The molecule has 1 amide bonds. The standard InChI is InChI=1S/C20H24ClNO3/c1-13-12-16(21)10-11-18(13)25-15(3)20(23)22(4)14(2)17-8-6-7-9-19(17)24-5/h6-12,14-15H,1-5H3/t14-,15+/m1/s1. The lowest BCUT2D eigenvalue weighted by molar-refractivity contribution is -0.138. The molecule has 0 aliphatic rings. The van der Waals surface area contributed by atoms with E-state index in [-0.39, 0.29) is 11.9 Å². The lowest BCUT2D eigenvalue weighted by atomic mass is 10.1. The summed E-state index contributed by atoms with van der Waals surface area (Å²) in [6.07, 6.45) is -0.609. The van der Waals surface area contributed by atoms with E-state index in [1.165, 1.54) is 0 Å². The Kier molecular flexibility index (Phi) is 6.32. The molecule has 0 heterocycles. The predicted molar refractivity (Wildman–Crippen MR) is 100 cm³/mol. The second kappa shape index (κ2) is 8.26. The Balaban J connectivity index is 2.12. The van der Waals surface area contributed by atoms with Gasteiger partial charge in [0, 0.05) is 17.6 Å². The van der Waals surface area contributed by atoms with Crippen molar-refractivity contribution < 1.29 is 14.3 Å². The van der Waals surface area contributed by atoms with Crippen LogP contribution in [0.1, 0.15) is 31.0 Å². The van der Waals surface area contributed by atoms with Crippen molar-refractivity contribution in [2.24, 2.45) is 0 Å². The number of aryl methyl sites for hydroxylation is 1. The molecule has 0 aliphatic carbocycles. The quantitative estimate of drug-likeness (QED) is 0.752. The van der Waals surface area contributed by atoms with Crippen LogP contribution < -0.4 is 9.47 Å². The van der Waals surface area contributed by atoms with E-state index in [1.807, 2.05) is 44.2 Å². The van der Waals surface area contributed by atoms with Crippen molar-refractivity contribution in [3.63, 3.8) is 0 Å². The molecule has 0 N–H and O–H groups in total. The Labute approximate surface area is 154 Å². The fraction of sp³-hybridized carbons (Fsp3) is 0.350. The summed E-state index contributed by atoms with van der Waals surface area (Å²) in [6.45, 7) is 5.62. The molecule has 0 radical (unpaired) electrons. The first-order chi connectivity index (χ1) is 11.8. The normalized spacial score (nSPS) is 13.0. The molecule has 4 nitrogen and oxygen atoms in total. The average Bonchev–Trinajstić information content (AvgIpc) is 2.62. The van der Waals surface area contributed by atoms with Crippen molar-refractivity contribution in [3.8, 4) is 11.5 Å². The van der Waals surface area contributed by atoms with Crippen LogP contribution in [0.4, 0.5) is 0 Å². The topological polar surface area (TPSA) is 38.8 Å². The maximum atomic E-state index is 12.8. The number of rotatable bonds is 6. The Bertz CT molecular complexity index is 747. The number of carbonyl (C=O) groups is 1. The third kappa shape index (κ3) is 4.45. The van der Waals surface area contributed by atoms with Crippen LogP contribution >= 0.6 is 11.6 Å². The Morgan fingerprint density at radius 3 is 2.44 bits per heavy atom. The van der Waals surface area contributed by atoms with Gasteiger partial charge in [-0.3, -0.25) is 4.79 Å². The number of amides is 1. The SMILES string of the molecule is COc1ccccc1[C@@H](C)N(C)C(=O)[C@H](C)Oc1ccc(Cl)cc1C. The number of para-hydroxylation sites is 1. The van der Waals surface area contributed by atoms with E-state index < -0.39 is 6.10 Å². The van der Waals surface area contributed by atoms with Gasteiger partial charge in [-0.1, -0.05) is 29.8 Å². The summed E-state index contributed by atoms with van der Waals surface area (Å²) in [6, 6.07) is 12.9. The predicted octanol–water partition coefficient (Wildman–Crippen LogP) is 4.64. The summed E-state index contributed by atoms with van der Waals surface area (Å²) >= 11 is 5.96. The maximum absolute atomic E-state index is 12.8. The number of hydrogen-bond acceptors (Lipinski definition) is 3. The number of benzene rings is 2. The number of likely N-dealkylation sites (N-methyl/N-ethyl adjacent to an activating group) is 1. The molecule has 25 heavy (non-hydrogen) atoms. The van der Waals surface area contributed by atoms with Gasteiger partial charge in [0.1, 0.15) is 11.5 Å². The Hall–Kier alpha value is -2.20. The summed E-state index contributed by atoms with van der Waals surface area (Å²) < 4.78 is 11.2. The van der Waals surface area contributed by atoms with Crippen molar-refractivity contribution in [1.29, 1.82) is 0 Å². The third-order valence-electron chi connectivity index (χ3n) is 4.31. The number of ether oxygens (including phenoxy) is 2. The highest BCUT2D eigenvalue weighted by molar-refractivity contribution is 6.30. The minimum Gasteiger partial charge on any atom is -0.496 e. The summed E-state index contributed by atoms with van der Waals surface area (Å²) in [4.78, 5) is 14.4. The first kappa shape index (κ1) is 19.1. The van der Waals surface area contributed by atoms with Gasteiger partial charge >= 0.3 is 0 Å². The number of carbonyl (C=O) groups excluding carboxylic acids is 1. The zero-order valence-electron chi connectivity index (χ0n) is 15.2. The Morgan fingerprint density at radius 2 is 1.80 bits per heavy atom. The lowest BCUT2D eigenvalue weighted by Crippen LogP contribution is -2.39. The van der Waals surface area contributed by atoms with E-state index >= 15 is 0 Å². The van der Waals surface area contributed by atoms with Gasteiger partial charge in [-0.25, -0.2) is 0 Å². The van der Waals surface area contributed by atoms with E-state index in [2.05, 4.69) is 0 Å². The molecular weight excluding hydrogens is 338 g/mol. The molecule has 0 saturated carbocycles. The summed E-state index contributed by atoms with van der Waals surface area (Å²) in [5.41, 5.74) is 1.85. The summed E-state index contributed by atoms with van der Waals surface area (Å²) in [5.74, 6) is 1.31. The number of nitrogens with zero attached hydrogens (tertiary/aromatic N) is 1. The van der Waals surface area contributed by atoms with Gasteiger partial charge < -0.3 is 14.4 Å². The highest BCUT2D eigenvalue weighted by Crippen LogP contribution is 2.29. The molecule has 0 aliphatic heterocycles. The molecule has 134 valence electrons. The molecule has 0 fully saturated rings. The third-order valence-corrected chi connectivity index (χ3v) is 4.54. The van der Waals surface area contributed by atoms with E-state index in [1.54, 1.807) is 38.1 Å². The van der Waals surface area contributed by atoms with Gasteiger partial charge in [0.25, 0.3) is 5.91 Å². The van der Waals surface area contributed by atoms with Crippen LogP contribution in [-0.4, -0.2) is 31.1 Å². The van der Waals surface area contributed by atoms with E-state index in [0.717, 1.165) is 16.9 Å². The summed E-state index contributed by atoms with van der Waals surface area (Å²) in [7, 11) is 3.40. The number of hydrogen-bond donors (Lipinski definition) is 0. The van der Waals surface area contributed by atoms with Crippen LogP contribution in [-0.2, 0) is 4.79 Å². The molecule has 0 spiro atoms. The Morgan fingerprint density at radius 1 is 1.12 bits per heavy atom. The largest absolute Gasteiger partial charge is 0.496 e. The van der Waals surface area contributed by atoms with Gasteiger partial charge in [0.15, 0.2) is 6.10 Å². The number of halogens is 1. The van der Waals surface area contributed by atoms with Crippen molar-refractivity contribution in [2.75, 3.05) is 14.2 Å². The zero-order valence-corrected chi connectivity index (χ0v) is 16.0. The smallest absolute Gasteiger partial charge is 0.263 e. The van der Waals surface area contributed by atoms with Crippen molar-refractivity contribution in [2.45, 2.75) is 32.9 Å². The van der Waals surface area contributed by atoms with Crippen LogP contribution in [0.15, 0.2) is 42.5 Å².